The molecular weight excluding hydrogens is 262 g/mol. The summed E-state index contributed by atoms with van der Waals surface area (Å²) in [7, 11) is 0. The van der Waals surface area contributed by atoms with Crippen molar-refractivity contribution in [1.82, 2.24) is 9.97 Å². The lowest BCUT2D eigenvalue weighted by Gasteiger charge is -2.10. The molecule has 1 aromatic heterocycles. The number of nitriles is 1. The van der Waals surface area contributed by atoms with Gasteiger partial charge in [-0.25, -0.2) is 4.79 Å². The Kier molecular flexibility index (Phi) is 3.03. The maximum atomic E-state index is 11.9. The Balaban J connectivity index is 2.51. The van der Waals surface area contributed by atoms with Gasteiger partial charge >= 0.3 is 5.69 Å². The van der Waals surface area contributed by atoms with E-state index in [-0.39, 0.29) is 0 Å². The zero-order chi connectivity index (χ0) is 15.0. The summed E-state index contributed by atoms with van der Waals surface area (Å²) in [6.45, 7) is 3.84. The minimum Gasteiger partial charge on any atom is -0.304 e. The van der Waals surface area contributed by atoms with Crippen molar-refractivity contribution in [2.75, 3.05) is 0 Å². The highest BCUT2D eigenvalue weighted by Crippen LogP contribution is 2.29. The Morgan fingerprint density at radius 2 is 1.90 bits per heavy atom. The number of aromatic amines is 1. The van der Waals surface area contributed by atoms with E-state index in [2.05, 4.69) is 16.0 Å². The van der Waals surface area contributed by atoms with Gasteiger partial charge in [0.05, 0.1) is 16.8 Å². The molecule has 2 aromatic carbocycles. The average molecular weight is 275 g/mol. The van der Waals surface area contributed by atoms with Gasteiger partial charge in [-0.2, -0.15) is 10.2 Å². The SMILES string of the molecule is Cc1cc2c(-c3ccccc3)nc(=O)[nH]c2c(C#N)c1C. The molecule has 1 heterocycles. The molecule has 0 saturated heterocycles. The fraction of sp³-hybridized carbons (Fsp3) is 0.118. The number of nitrogens with one attached hydrogen (secondary N) is 1. The minimum atomic E-state index is -0.443. The fourth-order valence-electron chi connectivity index (χ4n) is 2.49. The second-order valence-electron chi connectivity index (χ2n) is 4.98. The van der Waals surface area contributed by atoms with Crippen LogP contribution in [-0.2, 0) is 0 Å². The molecule has 4 nitrogen and oxygen atoms in total. The average Bonchev–Trinajstić information content (AvgIpc) is 2.49. The van der Waals surface area contributed by atoms with E-state index in [1.807, 2.05) is 50.2 Å². The molecular formula is C17H13N3O. The molecule has 1 N–H and O–H groups in total. The number of fused-ring (bicyclic) bond motifs is 1. The molecule has 0 saturated carbocycles. The van der Waals surface area contributed by atoms with Gasteiger partial charge in [-0.1, -0.05) is 30.3 Å². The van der Waals surface area contributed by atoms with Crippen LogP contribution in [0.4, 0.5) is 0 Å². The van der Waals surface area contributed by atoms with Crippen molar-refractivity contribution in [3.8, 4) is 17.3 Å². The number of hydrogen-bond donors (Lipinski definition) is 1. The number of rotatable bonds is 1. The normalized spacial score (nSPS) is 10.5. The molecule has 0 aliphatic heterocycles. The van der Waals surface area contributed by atoms with E-state index >= 15 is 0 Å². The zero-order valence-electron chi connectivity index (χ0n) is 11.8. The van der Waals surface area contributed by atoms with Gasteiger partial charge in [0.15, 0.2) is 0 Å². The maximum absolute atomic E-state index is 11.9. The van der Waals surface area contributed by atoms with Crippen molar-refractivity contribution in [3.05, 3.63) is 63.6 Å². The molecule has 0 atom stereocenters. The van der Waals surface area contributed by atoms with Gasteiger partial charge in [-0.15, -0.1) is 0 Å². The lowest BCUT2D eigenvalue weighted by molar-refractivity contribution is 1.12. The third-order valence-electron chi connectivity index (χ3n) is 3.71. The fourth-order valence-corrected chi connectivity index (χ4v) is 2.49. The van der Waals surface area contributed by atoms with Gasteiger partial charge in [0.1, 0.15) is 6.07 Å². The van der Waals surface area contributed by atoms with Crippen LogP contribution in [0.1, 0.15) is 16.7 Å². The zero-order valence-corrected chi connectivity index (χ0v) is 11.8. The molecule has 0 bridgehead atoms. The van der Waals surface area contributed by atoms with Crippen molar-refractivity contribution >= 4 is 10.9 Å². The second kappa shape index (κ2) is 4.88. The summed E-state index contributed by atoms with van der Waals surface area (Å²) in [6.07, 6.45) is 0. The topological polar surface area (TPSA) is 69.5 Å². The van der Waals surface area contributed by atoms with Gasteiger partial charge in [0.2, 0.25) is 0 Å². The Morgan fingerprint density at radius 1 is 1.19 bits per heavy atom. The smallest absolute Gasteiger partial charge is 0.304 e. The molecule has 4 heteroatoms. The van der Waals surface area contributed by atoms with E-state index < -0.39 is 5.69 Å². The molecule has 0 unspecified atom stereocenters. The van der Waals surface area contributed by atoms with Crippen LogP contribution < -0.4 is 5.69 Å². The molecule has 0 aliphatic carbocycles. The summed E-state index contributed by atoms with van der Waals surface area (Å²) in [6, 6.07) is 13.7. The van der Waals surface area contributed by atoms with E-state index in [1.165, 1.54) is 0 Å². The van der Waals surface area contributed by atoms with E-state index in [4.69, 9.17) is 0 Å². The molecule has 3 aromatic rings. The van der Waals surface area contributed by atoms with Gasteiger partial charge in [0.25, 0.3) is 0 Å². The van der Waals surface area contributed by atoms with Crippen molar-refractivity contribution < 1.29 is 0 Å². The Hall–Kier alpha value is -2.93. The predicted octanol–water partition coefficient (Wildman–Crippen LogP) is 3.08. The molecule has 0 fully saturated rings. The number of nitrogens with zero attached hydrogens (tertiary/aromatic N) is 2. The highest BCUT2D eigenvalue weighted by Gasteiger charge is 2.14. The summed E-state index contributed by atoms with van der Waals surface area (Å²) in [5, 5.41) is 10.2. The number of aryl methyl sites for hydroxylation is 1. The number of benzene rings is 2. The van der Waals surface area contributed by atoms with E-state index in [0.29, 0.717) is 16.8 Å². The van der Waals surface area contributed by atoms with Crippen molar-refractivity contribution in [1.29, 1.82) is 5.26 Å². The lowest BCUT2D eigenvalue weighted by atomic mass is 9.97. The van der Waals surface area contributed by atoms with Crippen molar-refractivity contribution in [2.24, 2.45) is 0 Å². The quantitative estimate of drug-likeness (QED) is 0.742. The van der Waals surface area contributed by atoms with Crippen LogP contribution in [0, 0.1) is 25.2 Å². The van der Waals surface area contributed by atoms with E-state index in [1.54, 1.807) is 0 Å². The van der Waals surface area contributed by atoms with Crippen LogP contribution in [0.3, 0.4) is 0 Å². The number of aromatic nitrogens is 2. The predicted molar refractivity (Wildman–Crippen MR) is 82.0 cm³/mol. The monoisotopic (exact) mass is 275 g/mol. The number of hydrogen-bond acceptors (Lipinski definition) is 3. The number of H-pyrrole nitrogens is 1. The largest absolute Gasteiger partial charge is 0.346 e. The molecule has 102 valence electrons. The third-order valence-corrected chi connectivity index (χ3v) is 3.71. The summed E-state index contributed by atoms with van der Waals surface area (Å²) in [5.41, 5.74) is 3.97. The summed E-state index contributed by atoms with van der Waals surface area (Å²) in [5.74, 6) is 0. The standard InChI is InChI=1S/C17H13N3O/c1-10-8-13-15(12-6-4-3-5-7-12)19-17(21)20-16(13)14(9-18)11(10)2/h3-8H,1-2H3,(H,19,20,21). The first kappa shape index (κ1) is 13.1. The van der Waals surface area contributed by atoms with Gasteiger partial charge in [-0.05, 0) is 31.0 Å². The minimum absolute atomic E-state index is 0.443. The Bertz CT molecular complexity index is 934. The molecule has 0 spiro atoms. The van der Waals surface area contributed by atoms with Crippen molar-refractivity contribution in [2.45, 2.75) is 13.8 Å². The van der Waals surface area contributed by atoms with Crippen LogP contribution in [0.25, 0.3) is 22.2 Å². The summed E-state index contributed by atoms with van der Waals surface area (Å²) >= 11 is 0. The van der Waals surface area contributed by atoms with Crippen LogP contribution >= 0.6 is 0 Å². The van der Waals surface area contributed by atoms with E-state index in [0.717, 1.165) is 22.1 Å². The summed E-state index contributed by atoms with van der Waals surface area (Å²) in [4.78, 5) is 18.7. The van der Waals surface area contributed by atoms with E-state index in [9.17, 15) is 10.1 Å². The third kappa shape index (κ3) is 2.09. The molecule has 21 heavy (non-hydrogen) atoms. The second-order valence-corrected chi connectivity index (χ2v) is 4.98. The van der Waals surface area contributed by atoms with Crippen LogP contribution in [-0.4, -0.2) is 9.97 Å². The first-order valence-corrected chi connectivity index (χ1v) is 6.61. The van der Waals surface area contributed by atoms with Gasteiger partial charge in [0, 0.05) is 10.9 Å². The molecule has 0 amide bonds. The van der Waals surface area contributed by atoms with Crippen molar-refractivity contribution in [3.63, 3.8) is 0 Å². The van der Waals surface area contributed by atoms with Gasteiger partial charge in [-0.3, -0.25) is 0 Å². The summed E-state index contributed by atoms with van der Waals surface area (Å²) < 4.78 is 0. The van der Waals surface area contributed by atoms with Crippen LogP contribution in [0.5, 0.6) is 0 Å². The first-order chi connectivity index (χ1) is 10.1. The molecule has 0 radical (unpaired) electrons. The van der Waals surface area contributed by atoms with Gasteiger partial charge < -0.3 is 4.98 Å². The Morgan fingerprint density at radius 3 is 2.57 bits per heavy atom. The maximum Gasteiger partial charge on any atom is 0.346 e. The molecule has 3 rings (SSSR count). The Labute approximate surface area is 121 Å². The van der Waals surface area contributed by atoms with Crippen LogP contribution in [0.15, 0.2) is 41.2 Å². The highest BCUT2D eigenvalue weighted by molar-refractivity contribution is 5.96. The first-order valence-electron chi connectivity index (χ1n) is 6.61. The van der Waals surface area contributed by atoms with Crippen LogP contribution in [0.2, 0.25) is 0 Å². The highest BCUT2D eigenvalue weighted by atomic mass is 16.1. The lowest BCUT2D eigenvalue weighted by Crippen LogP contribution is -2.12. The molecule has 0 aliphatic rings.